The summed E-state index contributed by atoms with van der Waals surface area (Å²) in [5.74, 6) is 1.64. The van der Waals surface area contributed by atoms with Crippen LogP contribution in [0.5, 0.6) is 0 Å². The second-order valence-electron chi connectivity index (χ2n) is 14.3. The average molecular weight is 569 g/mol. The van der Waals surface area contributed by atoms with Crippen LogP contribution in [0.25, 0.3) is 0 Å². The molecule has 9 nitrogen and oxygen atoms in total. The van der Waals surface area contributed by atoms with E-state index in [4.69, 9.17) is 4.42 Å². The summed E-state index contributed by atoms with van der Waals surface area (Å²) in [4.78, 5) is 40.3. The van der Waals surface area contributed by atoms with E-state index in [1.807, 2.05) is 22.9 Å². The smallest absolute Gasteiger partial charge is 0.335 e. The summed E-state index contributed by atoms with van der Waals surface area (Å²) in [5, 5.41) is 18.7. The lowest BCUT2D eigenvalue weighted by Crippen LogP contribution is -2.62. The Bertz CT molecular complexity index is 1200. The van der Waals surface area contributed by atoms with Gasteiger partial charge in [-0.1, -0.05) is 13.8 Å². The number of nitrogens with one attached hydrogen (secondary N) is 2. The van der Waals surface area contributed by atoms with Crippen molar-refractivity contribution in [2.24, 2.45) is 28.6 Å². The van der Waals surface area contributed by atoms with Crippen molar-refractivity contribution in [1.82, 2.24) is 20.4 Å². The third kappa shape index (κ3) is 4.90. The molecule has 5 aliphatic rings. The van der Waals surface area contributed by atoms with Crippen molar-refractivity contribution in [2.75, 3.05) is 39.8 Å². The molecule has 3 amide bonds. The molecule has 4 saturated carbocycles. The standard InChI is InChI=1S/C32H48N4O5/c1-30-11-8-23(34-29(39)33-14-15-36-17-16-35(3)19-27(36)37)18-22(30)5-6-26-25(30)9-12-31(2)24(10-13-32(26,31)40)21-4-7-28(38)41-20-21/h4,7,20,22-26,40H,5-6,8-19H2,1-3H3,(H2,33,34,39)/t22-,23+,24-,25+,26-,30?,31?,32+/m1/s1. The molecule has 6 rings (SSSR count). The fraction of sp³-hybridized carbons (Fsp3) is 0.781. The Morgan fingerprint density at radius 3 is 2.63 bits per heavy atom. The largest absolute Gasteiger partial charge is 0.431 e. The van der Waals surface area contributed by atoms with Crippen molar-refractivity contribution in [3.8, 4) is 0 Å². The Kier molecular flexibility index (Phi) is 7.50. The minimum absolute atomic E-state index is 0.123. The van der Waals surface area contributed by atoms with Crippen molar-refractivity contribution in [1.29, 1.82) is 0 Å². The van der Waals surface area contributed by atoms with E-state index in [0.717, 1.165) is 69.9 Å². The Morgan fingerprint density at radius 2 is 1.88 bits per heavy atom. The topological polar surface area (TPSA) is 115 Å². The van der Waals surface area contributed by atoms with E-state index in [1.165, 1.54) is 6.07 Å². The summed E-state index contributed by atoms with van der Waals surface area (Å²) < 4.78 is 5.23. The number of aliphatic hydroxyl groups is 1. The number of carbonyl (C=O) groups is 2. The number of hydrogen-bond donors (Lipinski definition) is 3. The van der Waals surface area contributed by atoms with Crippen LogP contribution >= 0.6 is 0 Å². The second-order valence-corrected chi connectivity index (χ2v) is 14.3. The van der Waals surface area contributed by atoms with E-state index in [1.54, 1.807) is 6.26 Å². The normalized spacial score (nSPS) is 40.8. The van der Waals surface area contributed by atoms with Gasteiger partial charge in [-0.3, -0.25) is 9.69 Å². The summed E-state index contributed by atoms with van der Waals surface area (Å²) in [5.41, 5.74) is -0.0323. The molecule has 0 spiro atoms. The molecular formula is C32H48N4O5. The van der Waals surface area contributed by atoms with Crippen LogP contribution in [-0.4, -0.2) is 78.3 Å². The zero-order valence-electron chi connectivity index (χ0n) is 25.0. The van der Waals surface area contributed by atoms with Crippen molar-refractivity contribution < 1.29 is 19.1 Å². The van der Waals surface area contributed by atoms with Crippen LogP contribution in [0.2, 0.25) is 0 Å². The predicted octanol–water partition coefficient (Wildman–Crippen LogP) is 3.32. The van der Waals surface area contributed by atoms with Gasteiger partial charge in [-0.2, -0.15) is 0 Å². The lowest BCUT2D eigenvalue weighted by Gasteiger charge is -2.63. The third-order valence-corrected chi connectivity index (χ3v) is 12.5. The molecule has 1 aromatic rings. The number of piperazine rings is 1. The Morgan fingerprint density at radius 1 is 1.05 bits per heavy atom. The highest BCUT2D eigenvalue weighted by Crippen LogP contribution is 2.70. The van der Waals surface area contributed by atoms with Gasteiger partial charge in [0.1, 0.15) is 0 Å². The summed E-state index contributed by atoms with van der Waals surface area (Å²) in [6.07, 6.45) is 10.6. The molecule has 0 aromatic carbocycles. The lowest BCUT2D eigenvalue weighted by atomic mass is 9.43. The SMILES string of the molecule is CN1CCN(CCNC(=O)N[C@H]2CCC3(C)[C@H](CC[C@@H]4[C@@H]3CCC3(C)[C@@H](c5ccc(=O)oc5)CC[C@]43O)C2)C(=O)C1. The highest BCUT2D eigenvalue weighted by Gasteiger charge is 2.67. The molecule has 0 radical (unpaired) electrons. The van der Waals surface area contributed by atoms with E-state index in [9.17, 15) is 19.5 Å². The van der Waals surface area contributed by atoms with Crippen LogP contribution in [0.3, 0.4) is 0 Å². The van der Waals surface area contributed by atoms with Crippen molar-refractivity contribution in [2.45, 2.75) is 89.2 Å². The van der Waals surface area contributed by atoms with Gasteiger partial charge in [0.15, 0.2) is 0 Å². The minimum atomic E-state index is -0.704. The van der Waals surface area contributed by atoms with Gasteiger partial charge in [-0.05, 0) is 106 Å². The molecule has 226 valence electrons. The number of nitrogens with zero attached hydrogens (tertiary/aromatic N) is 2. The van der Waals surface area contributed by atoms with E-state index >= 15 is 0 Å². The maximum atomic E-state index is 12.7. The number of urea groups is 1. The highest BCUT2D eigenvalue weighted by atomic mass is 16.4. The Balaban J connectivity index is 1.05. The fourth-order valence-corrected chi connectivity index (χ4v) is 10.1. The van der Waals surface area contributed by atoms with Crippen molar-refractivity contribution >= 4 is 11.9 Å². The van der Waals surface area contributed by atoms with Crippen LogP contribution < -0.4 is 16.3 Å². The van der Waals surface area contributed by atoms with Crippen molar-refractivity contribution in [3.05, 3.63) is 34.4 Å². The zero-order chi connectivity index (χ0) is 29.0. The maximum absolute atomic E-state index is 12.7. The molecule has 1 saturated heterocycles. The molecule has 0 bridgehead atoms. The van der Waals surface area contributed by atoms with E-state index in [-0.39, 0.29) is 46.3 Å². The van der Waals surface area contributed by atoms with Gasteiger partial charge in [0.05, 0.1) is 18.4 Å². The maximum Gasteiger partial charge on any atom is 0.335 e. The summed E-state index contributed by atoms with van der Waals surface area (Å²) in [6, 6.07) is 3.43. The van der Waals surface area contributed by atoms with Crippen LogP contribution in [0.15, 0.2) is 27.6 Å². The molecule has 2 heterocycles. The monoisotopic (exact) mass is 568 g/mol. The number of rotatable bonds is 5. The third-order valence-electron chi connectivity index (χ3n) is 12.5. The summed E-state index contributed by atoms with van der Waals surface area (Å²) in [7, 11) is 1.95. The number of fused-ring (bicyclic) bond motifs is 5. The van der Waals surface area contributed by atoms with E-state index in [0.29, 0.717) is 38.0 Å². The van der Waals surface area contributed by atoms with Gasteiger partial charge >= 0.3 is 11.7 Å². The van der Waals surface area contributed by atoms with Crippen molar-refractivity contribution in [3.63, 3.8) is 0 Å². The first-order valence-electron chi connectivity index (χ1n) is 15.9. The molecular weight excluding hydrogens is 520 g/mol. The molecule has 1 aliphatic heterocycles. The Hall–Kier alpha value is -2.39. The first-order valence-corrected chi connectivity index (χ1v) is 15.9. The predicted molar refractivity (Wildman–Crippen MR) is 155 cm³/mol. The summed E-state index contributed by atoms with van der Waals surface area (Å²) >= 11 is 0. The highest BCUT2D eigenvalue weighted by molar-refractivity contribution is 5.79. The van der Waals surface area contributed by atoms with Crippen LogP contribution in [-0.2, 0) is 4.79 Å². The number of hydrogen-bond acceptors (Lipinski definition) is 6. The van der Waals surface area contributed by atoms with E-state index in [2.05, 4.69) is 24.5 Å². The van der Waals surface area contributed by atoms with Gasteiger partial charge in [-0.25, -0.2) is 9.59 Å². The molecule has 2 unspecified atom stereocenters. The molecule has 8 atom stereocenters. The molecule has 1 aromatic heterocycles. The lowest BCUT2D eigenvalue weighted by molar-refractivity contribution is -0.201. The average Bonchev–Trinajstić information content (AvgIpc) is 3.21. The summed E-state index contributed by atoms with van der Waals surface area (Å²) in [6.45, 7) is 7.78. The molecule has 4 aliphatic carbocycles. The molecule has 9 heteroatoms. The Labute approximate surface area is 243 Å². The van der Waals surface area contributed by atoms with Gasteiger partial charge in [0, 0.05) is 43.7 Å². The number of carbonyl (C=O) groups excluding carboxylic acids is 2. The number of amides is 3. The second kappa shape index (κ2) is 10.7. The number of likely N-dealkylation sites (N-methyl/N-ethyl adjacent to an activating group) is 1. The first-order chi connectivity index (χ1) is 19.5. The quantitative estimate of drug-likeness (QED) is 0.502. The van der Waals surface area contributed by atoms with E-state index < -0.39 is 5.60 Å². The molecule has 41 heavy (non-hydrogen) atoms. The minimum Gasteiger partial charge on any atom is -0.431 e. The van der Waals surface area contributed by atoms with Crippen LogP contribution in [0, 0.1) is 28.6 Å². The van der Waals surface area contributed by atoms with Gasteiger partial charge in [0.25, 0.3) is 0 Å². The fourth-order valence-electron chi connectivity index (χ4n) is 10.1. The first kappa shape index (κ1) is 28.7. The van der Waals surface area contributed by atoms with Gasteiger partial charge in [0.2, 0.25) is 5.91 Å². The van der Waals surface area contributed by atoms with Crippen LogP contribution in [0.4, 0.5) is 4.79 Å². The van der Waals surface area contributed by atoms with Gasteiger partial charge < -0.3 is 25.1 Å². The van der Waals surface area contributed by atoms with Crippen LogP contribution in [0.1, 0.15) is 83.1 Å². The zero-order valence-corrected chi connectivity index (χ0v) is 25.0. The molecule has 5 fully saturated rings. The van der Waals surface area contributed by atoms with Gasteiger partial charge in [-0.15, -0.1) is 0 Å². The molecule has 3 N–H and O–H groups in total.